The summed E-state index contributed by atoms with van der Waals surface area (Å²) >= 11 is 0. The Morgan fingerprint density at radius 2 is 0.762 bits per heavy atom. The van der Waals surface area contributed by atoms with Crippen LogP contribution in [-0.2, 0) is 27.9 Å². The Morgan fingerprint density at radius 1 is 0.429 bits per heavy atom. The number of phosphoric ester groups is 1. The van der Waals surface area contributed by atoms with Gasteiger partial charge in [-0.1, -0.05) is 271 Å². The lowest BCUT2D eigenvalue weighted by molar-refractivity contribution is -0.870. The maximum absolute atomic E-state index is 13.6. The van der Waals surface area contributed by atoms with E-state index in [0.717, 1.165) is 141 Å². The van der Waals surface area contributed by atoms with Crippen LogP contribution in [-0.4, -0.2) is 74.3 Å². The van der Waals surface area contributed by atoms with Crippen LogP contribution >= 0.6 is 7.82 Å². The van der Waals surface area contributed by atoms with E-state index in [0.29, 0.717) is 17.4 Å². The second-order valence-electron chi connectivity index (χ2n) is 24.0. The number of nitrogens with zero attached hydrogens (tertiary/aromatic N) is 1. The van der Waals surface area contributed by atoms with Crippen molar-refractivity contribution in [2.45, 2.75) is 296 Å². The minimum absolute atomic E-state index is 0.0289. The third kappa shape index (κ3) is 62.9. The highest BCUT2D eigenvalue weighted by molar-refractivity contribution is 7.47. The van der Waals surface area contributed by atoms with Crippen molar-refractivity contribution in [1.82, 2.24) is 5.32 Å². The molecule has 0 aromatic heterocycles. The lowest BCUT2D eigenvalue weighted by atomic mass is 10.0. The van der Waals surface area contributed by atoms with E-state index in [9.17, 15) is 19.0 Å². The molecule has 2 N–H and O–H groups in total. The van der Waals surface area contributed by atoms with Gasteiger partial charge in [0.2, 0.25) is 5.91 Å². The number of nitrogens with one attached hydrogen (secondary N) is 1. The molecule has 3 unspecified atom stereocenters. The van der Waals surface area contributed by atoms with Crippen LogP contribution in [0.4, 0.5) is 0 Å². The summed E-state index contributed by atoms with van der Waals surface area (Å²) in [6, 6.07) is -0.871. The van der Waals surface area contributed by atoms with E-state index < -0.39 is 20.0 Å². The molecular formula is C74H130N2O7P+. The fraction of sp³-hybridized carbons (Fsp3) is 0.703. The number of quaternary nitrogens is 1. The molecule has 0 aliphatic heterocycles. The number of rotatable bonds is 61. The van der Waals surface area contributed by atoms with Gasteiger partial charge in [0.05, 0.1) is 33.8 Å². The zero-order valence-electron chi connectivity index (χ0n) is 55.1. The molecule has 0 radical (unpaired) electrons. The molecular weight excluding hydrogens is 1060 g/mol. The predicted molar refractivity (Wildman–Crippen MR) is 364 cm³/mol. The number of hydrogen-bond acceptors (Lipinski definition) is 6. The van der Waals surface area contributed by atoms with Crippen molar-refractivity contribution in [3.63, 3.8) is 0 Å². The fourth-order valence-electron chi connectivity index (χ4n) is 9.36. The maximum atomic E-state index is 13.6. The van der Waals surface area contributed by atoms with Gasteiger partial charge in [-0.25, -0.2) is 4.57 Å². The number of phosphoric acid groups is 1. The van der Waals surface area contributed by atoms with Gasteiger partial charge in [0.25, 0.3) is 0 Å². The molecule has 0 saturated heterocycles. The number of amides is 1. The van der Waals surface area contributed by atoms with Crippen LogP contribution in [0, 0.1) is 0 Å². The van der Waals surface area contributed by atoms with Crippen LogP contribution in [0.3, 0.4) is 0 Å². The van der Waals surface area contributed by atoms with Gasteiger partial charge < -0.3 is 19.4 Å². The molecule has 0 fully saturated rings. The molecule has 0 spiro atoms. The van der Waals surface area contributed by atoms with Gasteiger partial charge in [-0.15, -0.1) is 0 Å². The first-order valence-electron chi connectivity index (χ1n) is 34.4. The zero-order chi connectivity index (χ0) is 61.4. The van der Waals surface area contributed by atoms with Gasteiger partial charge in [0.15, 0.2) is 0 Å². The van der Waals surface area contributed by atoms with Crippen LogP contribution < -0.4 is 5.32 Å². The lowest BCUT2D eigenvalue weighted by Crippen LogP contribution is -2.47. The van der Waals surface area contributed by atoms with Crippen LogP contribution in [0.2, 0.25) is 0 Å². The number of carbonyl (C=O) groups is 2. The third-order valence-corrected chi connectivity index (χ3v) is 15.6. The second-order valence-corrected chi connectivity index (χ2v) is 25.4. The summed E-state index contributed by atoms with van der Waals surface area (Å²) in [5.74, 6) is -0.537. The Kier molecular flexibility index (Phi) is 59.8. The van der Waals surface area contributed by atoms with Gasteiger partial charge in [0.1, 0.15) is 19.3 Å². The van der Waals surface area contributed by atoms with Crippen LogP contribution in [0.15, 0.2) is 122 Å². The number of allylic oxidation sites excluding steroid dienone is 19. The number of carbonyl (C=O) groups excluding carboxylic acids is 2. The SMILES string of the molecule is CC/C=C\C/C=C\C/C=C\C/C=C\C/C=C\CCCCCCCC(=O)NC(COP(=O)(O)OCC[N+](C)(C)C)C(/C=C/CCCCCCCCCCCC)OC(=O)CCCCCCCCCCC/C=C\C/C=C\C/C=C\C/C=C\CCCCC. The third-order valence-electron chi connectivity index (χ3n) is 14.6. The van der Waals surface area contributed by atoms with Gasteiger partial charge >= 0.3 is 13.8 Å². The minimum atomic E-state index is -4.47. The quantitative estimate of drug-likeness (QED) is 0.0205. The highest BCUT2D eigenvalue weighted by Gasteiger charge is 2.30. The monoisotopic (exact) mass is 1190 g/mol. The molecule has 0 saturated carbocycles. The number of likely N-dealkylation sites (N-methyl/N-ethyl adjacent to an activating group) is 1. The topological polar surface area (TPSA) is 111 Å². The largest absolute Gasteiger partial charge is 0.472 e. The van der Waals surface area contributed by atoms with Crippen molar-refractivity contribution in [3.05, 3.63) is 122 Å². The van der Waals surface area contributed by atoms with Crippen molar-refractivity contribution in [2.24, 2.45) is 0 Å². The zero-order valence-corrected chi connectivity index (χ0v) is 56.0. The summed E-state index contributed by atoms with van der Waals surface area (Å²) in [7, 11) is 1.46. The summed E-state index contributed by atoms with van der Waals surface area (Å²) in [6.07, 6.45) is 87.7. The summed E-state index contributed by atoms with van der Waals surface area (Å²) in [6.45, 7) is 6.85. The van der Waals surface area contributed by atoms with E-state index in [1.54, 1.807) is 0 Å². The van der Waals surface area contributed by atoms with E-state index >= 15 is 0 Å². The van der Waals surface area contributed by atoms with E-state index in [1.807, 2.05) is 33.3 Å². The van der Waals surface area contributed by atoms with E-state index in [4.69, 9.17) is 13.8 Å². The minimum Gasteiger partial charge on any atom is -0.456 e. The Labute approximate surface area is 518 Å². The van der Waals surface area contributed by atoms with Crippen molar-refractivity contribution >= 4 is 19.7 Å². The molecule has 0 aliphatic rings. The lowest BCUT2D eigenvalue weighted by Gasteiger charge is -2.27. The highest BCUT2D eigenvalue weighted by atomic mass is 31.2. The summed E-state index contributed by atoms with van der Waals surface area (Å²) in [5.41, 5.74) is 0. The Balaban J connectivity index is 5.18. The Hall–Kier alpha value is -3.59. The van der Waals surface area contributed by atoms with Crippen LogP contribution in [0.25, 0.3) is 0 Å². The van der Waals surface area contributed by atoms with Crippen molar-refractivity contribution in [2.75, 3.05) is 40.9 Å². The van der Waals surface area contributed by atoms with Gasteiger partial charge in [-0.3, -0.25) is 18.6 Å². The van der Waals surface area contributed by atoms with Gasteiger partial charge in [0, 0.05) is 12.8 Å². The van der Waals surface area contributed by atoms with E-state index in [-0.39, 0.29) is 31.5 Å². The van der Waals surface area contributed by atoms with Crippen molar-refractivity contribution < 1.29 is 37.3 Å². The van der Waals surface area contributed by atoms with Crippen LogP contribution in [0.1, 0.15) is 284 Å². The highest BCUT2D eigenvalue weighted by Crippen LogP contribution is 2.43. The first kappa shape index (κ1) is 80.4. The summed E-state index contributed by atoms with van der Waals surface area (Å²) in [5, 5.41) is 3.05. The average Bonchev–Trinajstić information content (AvgIpc) is 3.64. The fourth-order valence-corrected chi connectivity index (χ4v) is 10.1. The first-order chi connectivity index (χ1) is 40.9. The molecule has 0 heterocycles. The molecule has 0 aromatic carbocycles. The Morgan fingerprint density at radius 3 is 1.17 bits per heavy atom. The van der Waals surface area contributed by atoms with Crippen molar-refractivity contribution in [1.29, 1.82) is 0 Å². The number of hydrogen-bond donors (Lipinski definition) is 2. The smallest absolute Gasteiger partial charge is 0.456 e. The second kappa shape index (κ2) is 62.5. The average molecular weight is 1190 g/mol. The predicted octanol–water partition coefficient (Wildman–Crippen LogP) is 21.8. The molecule has 0 aromatic rings. The Bertz CT molecular complexity index is 1850. The van der Waals surface area contributed by atoms with Crippen LogP contribution in [0.5, 0.6) is 0 Å². The van der Waals surface area contributed by atoms with Crippen molar-refractivity contribution in [3.8, 4) is 0 Å². The standard InChI is InChI=1S/C74H129N2O7P/c1-7-10-13-16-19-22-25-28-30-32-34-36-37-38-39-41-43-45-47-49-52-55-58-61-64-67-74(78)83-72(65-62-59-56-53-50-27-24-21-18-15-12-9-3)71(70-82-84(79,80)81-69-68-76(4,5)6)75-73(77)66-63-60-57-54-51-48-46-44-42-40-35-33-31-29-26-23-20-17-14-11-8-2/h11,14,19-20,22-23,28-31,34-36,38-40,44,46,62,65,71-72H,7-10,12-13,15-18,21,24-27,32-33,37,41-43,45,47-61,63-64,66-70H2,1-6H3,(H-,75,77,79,80)/p+1/b14-11-,22-19-,23-20-,30-28-,31-29-,36-34-,39-38-,40-35-,46-44-,65-62+. The molecule has 3 atom stereocenters. The maximum Gasteiger partial charge on any atom is 0.472 e. The van der Waals surface area contributed by atoms with Gasteiger partial charge in [-0.2, -0.15) is 0 Å². The van der Waals surface area contributed by atoms with E-state index in [2.05, 4.69) is 135 Å². The molecule has 0 aliphatic carbocycles. The number of ether oxygens (including phenoxy) is 1. The number of unbranched alkanes of at least 4 members (excludes halogenated alkanes) is 27. The molecule has 10 heteroatoms. The molecule has 84 heavy (non-hydrogen) atoms. The normalized spacial score (nSPS) is 14.3. The number of esters is 1. The van der Waals surface area contributed by atoms with E-state index in [1.165, 1.54) is 109 Å². The molecule has 0 rings (SSSR count). The molecule has 1 amide bonds. The molecule has 0 bridgehead atoms. The van der Waals surface area contributed by atoms with Gasteiger partial charge in [-0.05, 0) is 122 Å². The molecule has 9 nitrogen and oxygen atoms in total. The summed E-state index contributed by atoms with van der Waals surface area (Å²) < 4.78 is 30.8. The first-order valence-corrected chi connectivity index (χ1v) is 35.9. The summed E-state index contributed by atoms with van der Waals surface area (Å²) in [4.78, 5) is 37.9. The molecule has 482 valence electrons.